The summed E-state index contributed by atoms with van der Waals surface area (Å²) in [6.07, 6.45) is 1.98. The lowest BCUT2D eigenvalue weighted by molar-refractivity contribution is 0.0722. The first-order valence-corrected chi connectivity index (χ1v) is 6.63. The predicted molar refractivity (Wildman–Crippen MR) is 78.9 cm³/mol. The van der Waals surface area contributed by atoms with E-state index in [0.29, 0.717) is 13.2 Å². The molecule has 0 spiro atoms. The highest BCUT2D eigenvalue weighted by Gasteiger charge is 2.14. The summed E-state index contributed by atoms with van der Waals surface area (Å²) in [5.41, 5.74) is 2.25. The molecule has 0 saturated heterocycles. The zero-order valence-corrected chi connectivity index (χ0v) is 11.6. The van der Waals surface area contributed by atoms with E-state index in [2.05, 4.69) is 30.5 Å². The molecule has 20 heavy (non-hydrogen) atoms. The Bertz CT molecular complexity index is 509. The van der Waals surface area contributed by atoms with Gasteiger partial charge in [0, 0.05) is 7.05 Å². The normalized spacial score (nSPS) is 10.2. The lowest BCUT2D eigenvalue weighted by atomic mass is 10.0. The Labute approximate surface area is 120 Å². The van der Waals surface area contributed by atoms with Crippen LogP contribution in [0.15, 0.2) is 60.7 Å². The lowest BCUT2D eigenvalue weighted by Crippen LogP contribution is -2.19. The first-order chi connectivity index (χ1) is 9.81. The third kappa shape index (κ3) is 3.84. The summed E-state index contributed by atoms with van der Waals surface area (Å²) >= 11 is 0. The summed E-state index contributed by atoms with van der Waals surface area (Å²) in [6.45, 7) is 1.10. The maximum Gasteiger partial charge on any atom is 0.179 e. The zero-order chi connectivity index (χ0) is 14.2. The van der Waals surface area contributed by atoms with Gasteiger partial charge in [-0.3, -0.25) is 0 Å². The number of nitriles is 1. The molecule has 2 rings (SSSR count). The third-order valence-electron chi connectivity index (χ3n) is 3.09. The van der Waals surface area contributed by atoms with Crippen molar-refractivity contribution in [2.75, 3.05) is 20.2 Å². The molecule has 0 amide bonds. The molecule has 0 aliphatic heterocycles. The molecule has 3 nitrogen and oxygen atoms in total. The summed E-state index contributed by atoms with van der Waals surface area (Å²) in [7, 11) is 1.75. The highest BCUT2D eigenvalue weighted by Crippen LogP contribution is 2.25. The fourth-order valence-corrected chi connectivity index (χ4v) is 2.00. The van der Waals surface area contributed by atoms with E-state index in [4.69, 9.17) is 10.00 Å². The van der Waals surface area contributed by atoms with Crippen LogP contribution in [0.1, 0.15) is 17.2 Å². The fourth-order valence-electron chi connectivity index (χ4n) is 2.00. The minimum absolute atomic E-state index is 0.0931. The maximum atomic E-state index is 8.75. The molecule has 3 heteroatoms. The first-order valence-electron chi connectivity index (χ1n) is 6.63. The molecule has 0 aliphatic carbocycles. The molecule has 0 N–H and O–H groups in total. The van der Waals surface area contributed by atoms with Crippen LogP contribution in [0.2, 0.25) is 0 Å². The summed E-state index contributed by atoms with van der Waals surface area (Å²) in [5.74, 6) is 0. The van der Waals surface area contributed by atoms with E-state index in [-0.39, 0.29) is 6.10 Å². The zero-order valence-electron chi connectivity index (χ0n) is 11.6. The SMILES string of the molecule is CN(C#N)CCOC(c1ccccc1)c1ccccc1. The van der Waals surface area contributed by atoms with Gasteiger partial charge < -0.3 is 9.64 Å². The standard InChI is InChI=1S/C17H18N2O/c1-19(14-18)12-13-20-17(15-8-4-2-5-9-15)16-10-6-3-7-11-16/h2-11,17H,12-13H2,1H3. The van der Waals surface area contributed by atoms with Crippen LogP contribution in [0.5, 0.6) is 0 Å². The second-order valence-electron chi connectivity index (χ2n) is 4.59. The quantitative estimate of drug-likeness (QED) is 0.595. The Kier molecular flexibility index (Phi) is 5.16. The average Bonchev–Trinajstić information content (AvgIpc) is 2.53. The Balaban J connectivity index is 2.12. The molecule has 2 aromatic carbocycles. The van der Waals surface area contributed by atoms with Gasteiger partial charge >= 0.3 is 0 Å². The molecular formula is C17H18N2O. The molecule has 0 fully saturated rings. The van der Waals surface area contributed by atoms with E-state index < -0.39 is 0 Å². The number of benzene rings is 2. The lowest BCUT2D eigenvalue weighted by Gasteiger charge is -2.20. The Morgan fingerprint density at radius 2 is 1.50 bits per heavy atom. The van der Waals surface area contributed by atoms with Crippen LogP contribution in [0.3, 0.4) is 0 Å². The molecule has 0 heterocycles. The van der Waals surface area contributed by atoms with Gasteiger partial charge in [-0.2, -0.15) is 5.26 Å². The van der Waals surface area contributed by atoms with Crippen molar-refractivity contribution in [1.82, 2.24) is 4.90 Å². The molecule has 0 aromatic heterocycles. The molecule has 0 unspecified atom stereocenters. The van der Waals surface area contributed by atoms with Crippen LogP contribution in [-0.4, -0.2) is 25.1 Å². The van der Waals surface area contributed by atoms with Crippen molar-refractivity contribution in [2.45, 2.75) is 6.10 Å². The summed E-state index contributed by atoms with van der Waals surface area (Å²) in [5, 5.41) is 8.75. The van der Waals surface area contributed by atoms with Crippen molar-refractivity contribution in [2.24, 2.45) is 0 Å². The third-order valence-corrected chi connectivity index (χ3v) is 3.09. The number of likely N-dealkylation sites (N-methyl/N-ethyl adjacent to an activating group) is 1. The first kappa shape index (κ1) is 14.1. The van der Waals surface area contributed by atoms with Crippen LogP contribution in [0, 0.1) is 11.5 Å². The van der Waals surface area contributed by atoms with Crippen LogP contribution in [-0.2, 0) is 4.74 Å². The Morgan fingerprint density at radius 1 is 1.00 bits per heavy atom. The van der Waals surface area contributed by atoms with Crippen LogP contribution < -0.4 is 0 Å². The highest BCUT2D eigenvalue weighted by molar-refractivity contribution is 5.29. The van der Waals surface area contributed by atoms with E-state index in [1.165, 1.54) is 0 Å². The largest absolute Gasteiger partial charge is 0.367 e. The molecule has 0 saturated carbocycles. The average molecular weight is 266 g/mol. The van der Waals surface area contributed by atoms with Gasteiger partial charge in [0.25, 0.3) is 0 Å². The number of hydrogen-bond acceptors (Lipinski definition) is 3. The van der Waals surface area contributed by atoms with Crippen molar-refractivity contribution in [3.63, 3.8) is 0 Å². The second-order valence-corrected chi connectivity index (χ2v) is 4.59. The van der Waals surface area contributed by atoms with Gasteiger partial charge in [-0.1, -0.05) is 60.7 Å². The van der Waals surface area contributed by atoms with Crippen LogP contribution >= 0.6 is 0 Å². The van der Waals surface area contributed by atoms with Gasteiger partial charge in [0.15, 0.2) is 6.19 Å². The topological polar surface area (TPSA) is 36.3 Å². The minimum atomic E-state index is -0.0931. The van der Waals surface area contributed by atoms with E-state index in [1.54, 1.807) is 11.9 Å². The highest BCUT2D eigenvalue weighted by atomic mass is 16.5. The van der Waals surface area contributed by atoms with Crippen molar-refractivity contribution < 1.29 is 4.74 Å². The Hall–Kier alpha value is -2.31. The Morgan fingerprint density at radius 3 is 1.95 bits per heavy atom. The van der Waals surface area contributed by atoms with E-state index in [0.717, 1.165) is 11.1 Å². The minimum Gasteiger partial charge on any atom is -0.367 e. The van der Waals surface area contributed by atoms with Crippen LogP contribution in [0.25, 0.3) is 0 Å². The van der Waals surface area contributed by atoms with Gasteiger partial charge in [-0.15, -0.1) is 0 Å². The summed E-state index contributed by atoms with van der Waals surface area (Å²) in [4.78, 5) is 1.56. The number of nitrogens with zero attached hydrogens (tertiary/aromatic N) is 2. The van der Waals surface area contributed by atoms with E-state index >= 15 is 0 Å². The monoisotopic (exact) mass is 266 g/mol. The smallest absolute Gasteiger partial charge is 0.179 e. The fraction of sp³-hybridized carbons (Fsp3) is 0.235. The maximum absolute atomic E-state index is 8.75. The van der Waals surface area contributed by atoms with Gasteiger partial charge in [0.05, 0.1) is 13.2 Å². The molecule has 0 radical (unpaired) electrons. The van der Waals surface area contributed by atoms with Gasteiger partial charge in [-0.25, -0.2) is 0 Å². The molecule has 2 aromatic rings. The molecular weight excluding hydrogens is 248 g/mol. The van der Waals surface area contributed by atoms with E-state index in [1.807, 2.05) is 36.4 Å². The second kappa shape index (κ2) is 7.32. The molecule has 0 atom stereocenters. The van der Waals surface area contributed by atoms with Crippen molar-refractivity contribution >= 4 is 0 Å². The summed E-state index contributed by atoms with van der Waals surface area (Å²) < 4.78 is 5.99. The van der Waals surface area contributed by atoms with Crippen molar-refractivity contribution in [3.8, 4) is 6.19 Å². The molecule has 0 bridgehead atoms. The predicted octanol–water partition coefficient (Wildman–Crippen LogP) is 3.21. The number of rotatable bonds is 6. The molecule has 0 aliphatic rings. The van der Waals surface area contributed by atoms with Gasteiger partial charge in [0.1, 0.15) is 6.10 Å². The number of ether oxygens (including phenoxy) is 1. The van der Waals surface area contributed by atoms with Crippen molar-refractivity contribution in [1.29, 1.82) is 5.26 Å². The van der Waals surface area contributed by atoms with Gasteiger partial charge in [-0.05, 0) is 11.1 Å². The van der Waals surface area contributed by atoms with Crippen molar-refractivity contribution in [3.05, 3.63) is 71.8 Å². The summed E-state index contributed by atoms with van der Waals surface area (Å²) in [6, 6.07) is 20.3. The van der Waals surface area contributed by atoms with Crippen LogP contribution in [0.4, 0.5) is 0 Å². The van der Waals surface area contributed by atoms with Gasteiger partial charge in [0.2, 0.25) is 0 Å². The molecule has 102 valence electrons. The van der Waals surface area contributed by atoms with E-state index in [9.17, 15) is 0 Å². The number of hydrogen-bond donors (Lipinski definition) is 0.